The predicted molar refractivity (Wildman–Crippen MR) is 65.5 cm³/mol. The molecule has 0 amide bonds. The molecule has 15 heavy (non-hydrogen) atoms. The molecular weight excluding hydrogens is 204 g/mol. The van der Waals surface area contributed by atoms with Crippen molar-refractivity contribution in [3.8, 4) is 0 Å². The zero-order valence-electron chi connectivity index (χ0n) is 9.68. The van der Waals surface area contributed by atoms with E-state index < -0.39 is 0 Å². The summed E-state index contributed by atoms with van der Waals surface area (Å²) < 4.78 is 0. The fourth-order valence-corrected chi connectivity index (χ4v) is 3.31. The van der Waals surface area contributed by atoms with Gasteiger partial charge < -0.3 is 5.32 Å². The van der Waals surface area contributed by atoms with E-state index in [1.54, 1.807) is 0 Å². The van der Waals surface area contributed by atoms with Crippen molar-refractivity contribution in [3.63, 3.8) is 0 Å². The Morgan fingerprint density at radius 2 is 2.40 bits per heavy atom. The van der Waals surface area contributed by atoms with E-state index in [4.69, 9.17) is 0 Å². The minimum atomic E-state index is 0.836. The van der Waals surface area contributed by atoms with Gasteiger partial charge in [0.15, 0.2) is 0 Å². The molecule has 1 aliphatic heterocycles. The van der Waals surface area contributed by atoms with Crippen LogP contribution >= 0.6 is 11.3 Å². The summed E-state index contributed by atoms with van der Waals surface area (Å²) >= 11 is 1.91. The van der Waals surface area contributed by atoms with Crippen LogP contribution in [-0.2, 0) is 12.8 Å². The molecule has 1 N–H and O–H groups in total. The molecular formula is C12H20N2S. The lowest BCUT2D eigenvalue weighted by Crippen LogP contribution is -2.30. The molecule has 2 rings (SSSR count). The number of aromatic nitrogens is 1. The maximum atomic E-state index is 4.59. The molecule has 1 aromatic rings. The first-order valence-corrected chi connectivity index (χ1v) is 6.77. The number of rotatable bonds is 3. The summed E-state index contributed by atoms with van der Waals surface area (Å²) in [6.45, 7) is 6.74. The van der Waals surface area contributed by atoms with Gasteiger partial charge in [0, 0.05) is 4.88 Å². The number of nitrogens with zero attached hydrogens (tertiary/aromatic N) is 1. The lowest BCUT2D eigenvalue weighted by atomic mass is 9.95. The van der Waals surface area contributed by atoms with E-state index in [0.29, 0.717) is 0 Å². The van der Waals surface area contributed by atoms with Crippen LogP contribution in [0.5, 0.6) is 0 Å². The van der Waals surface area contributed by atoms with Gasteiger partial charge in [-0.25, -0.2) is 4.98 Å². The van der Waals surface area contributed by atoms with Crippen LogP contribution in [0.15, 0.2) is 0 Å². The molecule has 1 aromatic heterocycles. The highest BCUT2D eigenvalue weighted by atomic mass is 32.1. The van der Waals surface area contributed by atoms with Gasteiger partial charge in [0.05, 0.1) is 10.7 Å². The highest BCUT2D eigenvalue weighted by molar-refractivity contribution is 7.11. The molecule has 0 aliphatic carbocycles. The van der Waals surface area contributed by atoms with Gasteiger partial charge in [0.1, 0.15) is 0 Å². The van der Waals surface area contributed by atoms with Crippen molar-refractivity contribution in [1.29, 1.82) is 0 Å². The molecule has 84 valence electrons. The van der Waals surface area contributed by atoms with Crippen molar-refractivity contribution >= 4 is 11.3 Å². The van der Waals surface area contributed by atoms with Crippen molar-refractivity contribution in [3.05, 3.63) is 15.6 Å². The molecule has 0 radical (unpaired) electrons. The Labute approximate surface area is 96.1 Å². The summed E-state index contributed by atoms with van der Waals surface area (Å²) in [5, 5.41) is 4.78. The van der Waals surface area contributed by atoms with Gasteiger partial charge in [-0.15, -0.1) is 11.3 Å². The lowest BCUT2D eigenvalue weighted by Gasteiger charge is -2.22. The van der Waals surface area contributed by atoms with E-state index in [2.05, 4.69) is 24.1 Å². The molecule has 1 fully saturated rings. The molecule has 1 unspecified atom stereocenters. The molecule has 2 heterocycles. The minimum Gasteiger partial charge on any atom is -0.316 e. The van der Waals surface area contributed by atoms with Crippen LogP contribution in [0.3, 0.4) is 0 Å². The average Bonchev–Trinajstić information content (AvgIpc) is 2.61. The maximum Gasteiger partial charge on any atom is 0.0928 e. The summed E-state index contributed by atoms with van der Waals surface area (Å²) in [5.74, 6) is 0.836. The fraction of sp³-hybridized carbons (Fsp3) is 0.750. The zero-order chi connectivity index (χ0) is 10.7. The maximum absolute atomic E-state index is 4.59. The molecule has 0 aromatic carbocycles. The predicted octanol–water partition coefficient (Wildman–Crippen LogP) is 2.56. The monoisotopic (exact) mass is 224 g/mol. The topological polar surface area (TPSA) is 24.9 Å². The normalized spacial score (nSPS) is 21.9. The Morgan fingerprint density at radius 3 is 3.00 bits per heavy atom. The van der Waals surface area contributed by atoms with Crippen molar-refractivity contribution < 1.29 is 0 Å². The van der Waals surface area contributed by atoms with Gasteiger partial charge in [-0.2, -0.15) is 0 Å². The van der Waals surface area contributed by atoms with Crippen LogP contribution < -0.4 is 5.32 Å². The van der Waals surface area contributed by atoms with Gasteiger partial charge in [-0.1, -0.05) is 6.92 Å². The zero-order valence-corrected chi connectivity index (χ0v) is 10.5. The van der Waals surface area contributed by atoms with Gasteiger partial charge in [-0.05, 0) is 51.6 Å². The van der Waals surface area contributed by atoms with E-state index in [1.165, 1.54) is 47.9 Å². The van der Waals surface area contributed by atoms with Crippen molar-refractivity contribution in [1.82, 2.24) is 10.3 Å². The first kappa shape index (κ1) is 11.1. The highest BCUT2D eigenvalue weighted by Gasteiger charge is 2.16. The molecule has 1 atom stereocenters. The van der Waals surface area contributed by atoms with Gasteiger partial charge >= 0.3 is 0 Å². The molecule has 0 bridgehead atoms. The van der Waals surface area contributed by atoms with Gasteiger partial charge in [0.2, 0.25) is 0 Å². The lowest BCUT2D eigenvalue weighted by molar-refractivity contribution is 0.377. The van der Waals surface area contributed by atoms with Crippen LogP contribution in [0.1, 0.15) is 35.3 Å². The quantitative estimate of drug-likeness (QED) is 0.853. The number of thiazole rings is 1. The van der Waals surface area contributed by atoms with E-state index in [9.17, 15) is 0 Å². The first-order valence-electron chi connectivity index (χ1n) is 5.95. The number of hydrogen-bond acceptors (Lipinski definition) is 3. The van der Waals surface area contributed by atoms with Crippen LogP contribution in [-0.4, -0.2) is 18.1 Å². The SMILES string of the molecule is CCc1nc(C)c(CC2CCCNC2)s1. The second kappa shape index (κ2) is 5.08. The summed E-state index contributed by atoms with van der Waals surface area (Å²) in [4.78, 5) is 6.11. The van der Waals surface area contributed by atoms with E-state index in [1.807, 2.05) is 11.3 Å². The molecule has 3 heteroatoms. The largest absolute Gasteiger partial charge is 0.316 e. The third kappa shape index (κ3) is 2.79. The smallest absolute Gasteiger partial charge is 0.0928 e. The second-order valence-corrected chi connectivity index (χ2v) is 5.55. The number of piperidine rings is 1. The Hall–Kier alpha value is -0.410. The molecule has 1 aliphatic rings. The minimum absolute atomic E-state index is 0.836. The van der Waals surface area contributed by atoms with Crippen molar-refractivity contribution in [2.75, 3.05) is 13.1 Å². The Morgan fingerprint density at radius 1 is 1.53 bits per heavy atom. The molecule has 0 spiro atoms. The van der Waals surface area contributed by atoms with Crippen LogP contribution in [0, 0.1) is 12.8 Å². The fourth-order valence-electron chi connectivity index (χ4n) is 2.19. The number of hydrogen-bond donors (Lipinski definition) is 1. The molecule has 1 saturated heterocycles. The van der Waals surface area contributed by atoms with Crippen molar-refractivity contribution in [2.45, 2.75) is 39.5 Å². The van der Waals surface area contributed by atoms with E-state index >= 15 is 0 Å². The standard InChI is InChI=1S/C12H20N2S/c1-3-12-14-9(2)11(15-12)7-10-5-4-6-13-8-10/h10,13H,3-8H2,1-2H3. The van der Waals surface area contributed by atoms with Crippen LogP contribution in [0.2, 0.25) is 0 Å². The second-order valence-electron chi connectivity index (χ2n) is 4.39. The highest BCUT2D eigenvalue weighted by Crippen LogP contribution is 2.24. The van der Waals surface area contributed by atoms with Gasteiger partial charge in [-0.3, -0.25) is 0 Å². The van der Waals surface area contributed by atoms with Crippen molar-refractivity contribution in [2.24, 2.45) is 5.92 Å². The summed E-state index contributed by atoms with van der Waals surface area (Å²) in [7, 11) is 0. The first-order chi connectivity index (χ1) is 7.29. The van der Waals surface area contributed by atoms with Crippen LogP contribution in [0.25, 0.3) is 0 Å². The number of nitrogens with one attached hydrogen (secondary N) is 1. The Bertz CT molecular complexity index is 313. The average molecular weight is 224 g/mol. The summed E-state index contributed by atoms with van der Waals surface area (Å²) in [6, 6.07) is 0. The summed E-state index contributed by atoms with van der Waals surface area (Å²) in [5.41, 5.74) is 1.27. The summed E-state index contributed by atoms with van der Waals surface area (Å²) in [6.07, 6.45) is 5.03. The third-order valence-corrected chi connectivity index (χ3v) is 4.44. The Balaban J connectivity index is 1.99. The Kier molecular flexibility index (Phi) is 3.76. The third-order valence-electron chi connectivity index (χ3n) is 3.11. The molecule has 2 nitrogen and oxygen atoms in total. The molecule has 0 saturated carbocycles. The van der Waals surface area contributed by atoms with E-state index in [0.717, 1.165) is 12.3 Å². The van der Waals surface area contributed by atoms with Gasteiger partial charge in [0.25, 0.3) is 0 Å². The van der Waals surface area contributed by atoms with E-state index in [-0.39, 0.29) is 0 Å². The number of aryl methyl sites for hydroxylation is 2. The van der Waals surface area contributed by atoms with Crippen LogP contribution in [0.4, 0.5) is 0 Å².